The Bertz CT molecular complexity index is 1140. The first-order valence-electron chi connectivity index (χ1n) is 8.49. The fraction of sp³-hybridized carbons (Fsp3) is 0.0476. The van der Waals surface area contributed by atoms with Crippen LogP contribution >= 0.6 is 55.1 Å². The predicted molar refractivity (Wildman–Crippen MR) is 127 cm³/mol. The Hall–Kier alpha value is -2.06. The van der Waals surface area contributed by atoms with Gasteiger partial charge in [0.25, 0.3) is 11.8 Å². The Morgan fingerprint density at radius 3 is 2.10 bits per heavy atom. The number of hydrogen-bond donors (Lipinski definition) is 2. The van der Waals surface area contributed by atoms with Crippen molar-refractivity contribution in [2.45, 2.75) is 0 Å². The molecule has 154 valence electrons. The van der Waals surface area contributed by atoms with Crippen LogP contribution in [0.4, 0.5) is 11.4 Å². The van der Waals surface area contributed by atoms with Crippen LogP contribution in [0.1, 0.15) is 20.7 Å². The van der Waals surface area contributed by atoms with Crippen LogP contribution in [0, 0.1) is 0 Å². The molecule has 5 nitrogen and oxygen atoms in total. The lowest BCUT2D eigenvalue weighted by molar-refractivity contribution is 0.101. The number of amides is 2. The van der Waals surface area contributed by atoms with Crippen LogP contribution < -0.4 is 15.4 Å². The highest BCUT2D eigenvalue weighted by atomic mass is 79.9. The van der Waals surface area contributed by atoms with Gasteiger partial charge in [0.15, 0.2) is 0 Å². The molecule has 0 unspecified atom stereocenters. The fourth-order valence-corrected chi connectivity index (χ4v) is 4.56. The standard InChI is InChI=1S/C21H14Br2Cl2N2O3/c1-30-19-16(7-11(22)8-17(19)23)21(29)27-14-4-2-3-13(10-14)26-20(28)15-6-5-12(24)9-18(15)25/h2-10H,1H3,(H,26,28)(H,27,29). The van der Waals surface area contributed by atoms with Crippen molar-refractivity contribution in [3.8, 4) is 5.75 Å². The van der Waals surface area contributed by atoms with Crippen molar-refractivity contribution in [1.82, 2.24) is 0 Å². The Kier molecular flexibility index (Phi) is 7.41. The maximum absolute atomic E-state index is 12.8. The summed E-state index contributed by atoms with van der Waals surface area (Å²) in [5, 5.41) is 6.25. The molecule has 0 aromatic heterocycles. The highest BCUT2D eigenvalue weighted by Crippen LogP contribution is 2.33. The third-order valence-electron chi connectivity index (χ3n) is 4.01. The van der Waals surface area contributed by atoms with Gasteiger partial charge in [-0.1, -0.05) is 45.2 Å². The van der Waals surface area contributed by atoms with Crippen LogP contribution in [0.15, 0.2) is 63.5 Å². The zero-order valence-electron chi connectivity index (χ0n) is 15.4. The summed E-state index contributed by atoms with van der Waals surface area (Å²) in [4.78, 5) is 25.3. The molecule has 0 aliphatic rings. The minimum Gasteiger partial charge on any atom is -0.495 e. The first-order valence-corrected chi connectivity index (χ1v) is 10.8. The monoisotopic (exact) mass is 570 g/mol. The van der Waals surface area contributed by atoms with E-state index in [2.05, 4.69) is 42.5 Å². The van der Waals surface area contributed by atoms with Crippen LogP contribution in [0.5, 0.6) is 5.75 Å². The van der Waals surface area contributed by atoms with Crippen molar-refractivity contribution < 1.29 is 14.3 Å². The number of ether oxygens (including phenoxy) is 1. The van der Waals surface area contributed by atoms with Gasteiger partial charge in [0.2, 0.25) is 0 Å². The van der Waals surface area contributed by atoms with Crippen molar-refractivity contribution in [2.75, 3.05) is 17.7 Å². The molecule has 2 amide bonds. The van der Waals surface area contributed by atoms with Crippen LogP contribution in [0.3, 0.4) is 0 Å². The number of carbonyl (C=O) groups is 2. The molecule has 3 aromatic rings. The molecule has 0 atom stereocenters. The summed E-state index contributed by atoms with van der Waals surface area (Å²) in [7, 11) is 1.49. The van der Waals surface area contributed by atoms with E-state index in [9.17, 15) is 9.59 Å². The van der Waals surface area contributed by atoms with Crippen molar-refractivity contribution in [3.05, 3.63) is 84.7 Å². The second kappa shape index (κ2) is 9.83. The SMILES string of the molecule is COc1c(Br)cc(Br)cc1C(=O)Nc1cccc(NC(=O)c2ccc(Cl)cc2Cl)c1. The number of halogens is 4. The van der Waals surface area contributed by atoms with E-state index in [-0.39, 0.29) is 10.9 Å². The lowest BCUT2D eigenvalue weighted by atomic mass is 10.1. The summed E-state index contributed by atoms with van der Waals surface area (Å²) in [6.07, 6.45) is 0. The Morgan fingerprint density at radius 2 is 1.50 bits per heavy atom. The fourth-order valence-electron chi connectivity index (χ4n) is 2.68. The highest BCUT2D eigenvalue weighted by Gasteiger charge is 2.17. The summed E-state index contributed by atoms with van der Waals surface area (Å²) in [5.41, 5.74) is 1.63. The van der Waals surface area contributed by atoms with Gasteiger partial charge in [-0.3, -0.25) is 9.59 Å². The molecule has 9 heteroatoms. The second-order valence-electron chi connectivity index (χ2n) is 6.08. The number of rotatable bonds is 5. The highest BCUT2D eigenvalue weighted by molar-refractivity contribution is 9.11. The Balaban J connectivity index is 1.79. The molecule has 0 saturated carbocycles. The largest absolute Gasteiger partial charge is 0.495 e. The van der Waals surface area contributed by atoms with E-state index in [0.717, 1.165) is 4.47 Å². The lowest BCUT2D eigenvalue weighted by Gasteiger charge is -2.13. The lowest BCUT2D eigenvalue weighted by Crippen LogP contribution is -2.15. The average molecular weight is 573 g/mol. The van der Waals surface area contributed by atoms with Crippen molar-refractivity contribution in [1.29, 1.82) is 0 Å². The predicted octanol–water partition coefficient (Wildman–Crippen LogP) is 7.03. The molecular formula is C21H14Br2Cl2N2O3. The molecule has 3 aromatic carbocycles. The molecule has 0 spiro atoms. The molecule has 30 heavy (non-hydrogen) atoms. The molecular weight excluding hydrogens is 559 g/mol. The molecule has 3 rings (SSSR count). The smallest absolute Gasteiger partial charge is 0.259 e. The van der Waals surface area contributed by atoms with Gasteiger partial charge >= 0.3 is 0 Å². The molecule has 0 aliphatic carbocycles. The molecule has 0 radical (unpaired) electrons. The number of nitrogens with one attached hydrogen (secondary N) is 2. The third-order valence-corrected chi connectivity index (χ3v) is 5.61. The first-order chi connectivity index (χ1) is 14.3. The van der Waals surface area contributed by atoms with E-state index in [4.69, 9.17) is 27.9 Å². The summed E-state index contributed by atoms with van der Waals surface area (Å²) in [6, 6.07) is 14.8. The normalized spacial score (nSPS) is 10.4. The zero-order valence-corrected chi connectivity index (χ0v) is 20.1. The quantitative estimate of drug-likeness (QED) is 0.345. The third kappa shape index (κ3) is 5.35. The van der Waals surface area contributed by atoms with Gasteiger partial charge in [-0.25, -0.2) is 0 Å². The van der Waals surface area contributed by atoms with Gasteiger partial charge in [-0.15, -0.1) is 0 Å². The summed E-state index contributed by atoms with van der Waals surface area (Å²) >= 11 is 18.7. The van der Waals surface area contributed by atoms with Gasteiger partial charge in [0, 0.05) is 20.9 Å². The van der Waals surface area contributed by atoms with Gasteiger partial charge in [-0.2, -0.15) is 0 Å². The molecule has 0 aliphatic heterocycles. The van der Waals surface area contributed by atoms with Crippen LogP contribution in [-0.4, -0.2) is 18.9 Å². The van der Waals surface area contributed by atoms with E-state index >= 15 is 0 Å². The van der Waals surface area contributed by atoms with E-state index in [1.54, 1.807) is 48.5 Å². The van der Waals surface area contributed by atoms with Crippen LogP contribution in [0.25, 0.3) is 0 Å². The van der Waals surface area contributed by atoms with Gasteiger partial charge in [0.1, 0.15) is 5.75 Å². The van der Waals surface area contributed by atoms with Gasteiger partial charge < -0.3 is 15.4 Å². The molecule has 0 heterocycles. The molecule has 0 saturated heterocycles. The van der Waals surface area contributed by atoms with Crippen molar-refractivity contribution in [2.24, 2.45) is 0 Å². The average Bonchev–Trinajstić information content (AvgIpc) is 2.67. The summed E-state index contributed by atoms with van der Waals surface area (Å²) in [5.74, 6) is -0.339. The number of anilines is 2. The van der Waals surface area contributed by atoms with Crippen molar-refractivity contribution in [3.63, 3.8) is 0 Å². The summed E-state index contributed by atoms with van der Waals surface area (Å²) < 4.78 is 6.69. The minimum atomic E-state index is -0.391. The zero-order chi connectivity index (χ0) is 21.8. The van der Waals surface area contributed by atoms with E-state index in [1.165, 1.54) is 13.2 Å². The topological polar surface area (TPSA) is 67.4 Å². The molecule has 0 fully saturated rings. The Morgan fingerprint density at radius 1 is 0.867 bits per heavy atom. The van der Waals surface area contributed by atoms with E-state index < -0.39 is 5.91 Å². The number of benzene rings is 3. The number of hydrogen-bond acceptors (Lipinski definition) is 3. The van der Waals surface area contributed by atoms with Crippen molar-refractivity contribution >= 4 is 78.3 Å². The van der Waals surface area contributed by atoms with Crippen LogP contribution in [-0.2, 0) is 0 Å². The van der Waals surface area contributed by atoms with E-state index in [0.29, 0.717) is 37.7 Å². The van der Waals surface area contributed by atoms with E-state index in [1.807, 2.05) is 0 Å². The number of carbonyl (C=O) groups excluding carboxylic acids is 2. The van der Waals surface area contributed by atoms with Gasteiger partial charge in [0.05, 0.1) is 27.7 Å². The van der Waals surface area contributed by atoms with Crippen LogP contribution in [0.2, 0.25) is 10.0 Å². The number of methoxy groups -OCH3 is 1. The summed E-state index contributed by atoms with van der Waals surface area (Å²) in [6.45, 7) is 0. The molecule has 0 bridgehead atoms. The Labute approximate surface area is 200 Å². The molecule has 2 N–H and O–H groups in total. The van der Waals surface area contributed by atoms with Gasteiger partial charge in [-0.05, 0) is 64.5 Å². The minimum absolute atomic E-state index is 0.247. The maximum atomic E-state index is 12.8. The maximum Gasteiger partial charge on any atom is 0.259 e. The second-order valence-corrected chi connectivity index (χ2v) is 8.70. The first kappa shape index (κ1) is 22.6.